The van der Waals surface area contributed by atoms with E-state index in [-0.39, 0.29) is 30.1 Å². The first-order chi connectivity index (χ1) is 68.2. The molecule has 13 heterocycles. The smallest absolute Gasteiger partial charge is 0.369 e. The highest BCUT2D eigenvalue weighted by Crippen LogP contribution is 2.37. The van der Waals surface area contributed by atoms with Crippen molar-refractivity contribution in [3.05, 3.63) is 213 Å². The maximum Gasteiger partial charge on any atom is 0.416 e. The zero-order chi connectivity index (χ0) is 98.4. The van der Waals surface area contributed by atoms with E-state index in [9.17, 15) is 18.0 Å². The molecule has 5 aliphatic rings. The Morgan fingerprint density at radius 3 is 0.965 bits per heavy atom. The lowest BCUT2D eigenvalue weighted by molar-refractivity contribution is -0.137. The minimum Gasteiger partial charge on any atom is -0.369 e. The summed E-state index contributed by atoms with van der Waals surface area (Å²) >= 11 is 0. The van der Waals surface area contributed by atoms with Crippen LogP contribution in [0.15, 0.2) is 208 Å². The highest BCUT2D eigenvalue weighted by molar-refractivity contribution is 5.99. The first kappa shape index (κ1) is 97.7. The summed E-state index contributed by atoms with van der Waals surface area (Å²) in [5.41, 5.74) is 16.6. The van der Waals surface area contributed by atoms with Crippen LogP contribution in [0.3, 0.4) is 0 Å². The summed E-state index contributed by atoms with van der Waals surface area (Å²) in [6.07, 6.45) is 13.7. The predicted molar refractivity (Wildman–Crippen MR) is 562 cm³/mol. The van der Waals surface area contributed by atoms with Crippen LogP contribution in [0.2, 0.25) is 0 Å². The normalized spacial score (nSPS) is 15.4. The highest BCUT2D eigenvalue weighted by atomic mass is 19.4. The third-order valence-corrected chi connectivity index (χ3v) is 25.7. The van der Waals surface area contributed by atoms with Crippen molar-refractivity contribution in [3.63, 3.8) is 0 Å². The molecule has 141 heavy (non-hydrogen) atoms. The Morgan fingerprint density at radius 1 is 0.348 bits per heavy atom. The molecule has 6 aromatic carbocycles. The minimum absolute atomic E-state index is 0.00688. The number of aromatic nitrogens is 17. The van der Waals surface area contributed by atoms with Crippen molar-refractivity contribution >= 4 is 166 Å². The fourth-order valence-corrected chi connectivity index (χ4v) is 17.8. The lowest BCUT2D eigenvalue weighted by atomic mass is 9.96. The number of nitrogens with one attached hydrogen (secondary N) is 9. The molecule has 0 radical (unpaired) electrons. The van der Waals surface area contributed by atoms with Crippen LogP contribution >= 0.6 is 0 Å². The van der Waals surface area contributed by atoms with Crippen molar-refractivity contribution in [3.8, 4) is 0 Å². The molecule has 5 fully saturated rings. The standard InChI is InChI=1S/C28H33N9O.C26H29F3N8.C25H36N8.C24H29N9/c1-5-25(38)30-21-7-6-8-22(17-21)32-28-33-24-18-29-27(34-26(24)37(28)19(2)3)31-20-9-11-23(12-10-20)36-15-13-35(4)14-16-36;1-17(2)37-23-22(33-25(37)32-20-6-4-18(5-7-20)26(27,28)29)16-30-24(34-23)31-19-8-10-21(11-9-19)36-14-12-35(3)13-15-36;1-18(2)33-23-22(29-25(33)28-19-7-5-4-6-8-19)17-26-24(30-23)27-20-9-11-21(12-10-20)32-15-13-31(3)14-16-32;1-17(2)33-22-21(29-24(33)28-19-5-4-10-25-15-19)16-26-23(30-22)27-18-6-8-20(9-7-18)32-13-11-31(3)12-14-32/h5-12,17-19H,1,13-16H2,2-4H3,(H,30,38)(H,32,33)(H,29,31,34);4-11,16-17H,12-15H2,1-3H3,(H,32,33)(H,30,31,34);9-12,17-19H,4-8,13-16H2,1-3H3,(H,28,29)(H,26,27,30);4-10,15-17H,11-14H2,1-3H3,(H,28,29)(H,26,27,30). The number of carbonyl (C=O) groups excluding carboxylic acids is 1. The van der Waals surface area contributed by atoms with Crippen LogP contribution in [-0.2, 0) is 11.0 Å². The average molecular weight is 1910 g/mol. The number of piperazine rings is 4. The van der Waals surface area contributed by atoms with Gasteiger partial charge in [0.15, 0.2) is 22.6 Å². The lowest BCUT2D eigenvalue weighted by Crippen LogP contribution is -2.44. The molecular formula is C103H127F3N34O. The van der Waals surface area contributed by atoms with Crippen LogP contribution < -0.4 is 67.5 Å². The average Bonchev–Trinajstić information content (AvgIpc) is 1.64. The van der Waals surface area contributed by atoms with Gasteiger partial charge in [0, 0.05) is 204 Å². The Bertz CT molecular complexity index is 6670. The molecule has 736 valence electrons. The fraction of sp³-hybridized carbons (Fsp3) is 0.379. The number of benzene rings is 6. The van der Waals surface area contributed by atoms with Gasteiger partial charge in [0.2, 0.25) is 53.5 Å². The number of halogens is 3. The van der Waals surface area contributed by atoms with Gasteiger partial charge in [0.25, 0.3) is 0 Å². The van der Waals surface area contributed by atoms with Crippen LogP contribution in [0, 0.1) is 0 Å². The third kappa shape index (κ3) is 24.7. The van der Waals surface area contributed by atoms with Crippen molar-refractivity contribution in [1.82, 2.24) is 103 Å². The SMILES string of the molecule is C=CC(=O)Nc1cccc(Nc2nc3cnc(Nc4ccc(N5CCN(C)CC5)cc4)nc3n2C(C)C)c1.CC(C)n1c(NC2CCCCC2)nc2cnc(Nc3ccc(N4CCN(C)CC4)cc3)nc21.CC(C)n1c(Nc2ccc(C(F)(F)F)cc2)nc2cnc(Nc3ccc(N4CCN(C)CC4)cc3)nc21.CC(C)n1c(Nc2cccnc2)nc2cnc(Nc3ccc(N4CCN(C)CC4)cc3)nc21. The number of hydrogen-bond acceptors (Lipinski definition) is 30. The van der Waals surface area contributed by atoms with Crippen molar-refractivity contribution in [1.29, 1.82) is 0 Å². The van der Waals surface area contributed by atoms with E-state index in [1.807, 2.05) is 77.7 Å². The van der Waals surface area contributed by atoms with Crippen molar-refractivity contribution in [2.24, 2.45) is 0 Å². The Labute approximate surface area is 820 Å². The van der Waals surface area contributed by atoms with Gasteiger partial charge in [-0.1, -0.05) is 31.9 Å². The third-order valence-electron chi connectivity index (χ3n) is 25.7. The Morgan fingerprint density at radius 2 is 0.645 bits per heavy atom. The molecular weight excluding hydrogens is 1790 g/mol. The number of carbonyl (C=O) groups is 1. The van der Waals surface area contributed by atoms with Crippen LogP contribution in [0.4, 0.5) is 129 Å². The maximum atomic E-state index is 12.9. The molecule has 9 N–H and O–H groups in total. The zero-order valence-electron chi connectivity index (χ0n) is 82.2. The summed E-state index contributed by atoms with van der Waals surface area (Å²) in [5.74, 6) is 4.57. The summed E-state index contributed by atoms with van der Waals surface area (Å²) < 4.78 is 46.9. The molecule has 35 nitrogen and oxygen atoms in total. The van der Waals surface area contributed by atoms with Gasteiger partial charge in [-0.25, -0.2) is 39.9 Å². The molecule has 38 heteroatoms. The first-order valence-corrected chi connectivity index (χ1v) is 48.6. The molecule has 0 spiro atoms. The second kappa shape index (κ2) is 44.5. The van der Waals surface area contributed by atoms with E-state index in [0.717, 1.165) is 191 Å². The minimum atomic E-state index is -4.38. The van der Waals surface area contributed by atoms with Gasteiger partial charge in [-0.3, -0.25) is 28.0 Å². The Hall–Kier alpha value is -14.9. The summed E-state index contributed by atoms with van der Waals surface area (Å²) in [7, 11) is 8.65. The Balaban J connectivity index is 0.000000130. The summed E-state index contributed by atoms with van der Waals surface area (Å²) in [4.78, 5) is 90.8. The second-order valence-electron chi connectivity index (χ2n) is 37.5. The van der Waals surface area contributed by atoms with Gasteiger partial charge in [-0.2, -0.15) is 33.1 Å². The van der Waals surface area contributed by atoms with E-state index < -0.39 is 11.7 Å². The molecule has 1 aliphatic carbocycles. The summed E-state index contributed by atoms with van der Waals surface area (Å²) in [6.45, 7) is 37.2. The van der Waals surface area contributed by atoms with Crippen molar-refractivity contribution in [2.45, 2.75) is 124 Å². The van der Waals surface area contributed by atoms with Gasteiger partial charge in [0.05, 0.1) is 42.2 Å². The van der Waals surface area contributed by atoms with Crippen LogP contribution in [0.5, 0.6) is 0 Å². The fourth-order valence-electron chi connectivity index (χ4n) is 17.8. The number of hydrogen-bond donors (Lipinski definition) is 9. The molecule has 20 rings (SSSR count). The maximum absolute atomic E-state index is 12.9. The van der Waals surface area contributed by atoms with E-state index in [1.54, 1.807) is 31.0 Å². The van der Waals surface area contributed by atoms with Crippen LogP contribution in [-0.4, -0.2) is 248 Å². The molecule has 4 saturated heterocycles. The highest BCUT2D eigenvalue weighted by Gasteiger charge is 2.31. The van der Waals surface area contributed by atoms with Crippen LogP contribution in [0.25, 0.3) is 44.7 Å². The molecule has 0 unspecified atom stereocenters. The van der Waals surface area contributed by atoms with Gasteiger partial charge in [-0.15, -0.1) is 0 Å². The van der Waals surface area contributed by atoms with E-state index >= 15 is 0 Å². The number of likely N-dealkylation sites (N-methyl/N-ethyl adjacent to an activating group) is 4. The van der Waals surface area contributed by atoms with Gasteiger partial charge < -0.3 is 87.1 Å². The van der Waals surface area contributed by atoms with Gasteiger partial charge in [0.1, 0.15) is 22.1 Å². The molecule has 9 aromatic heterocycles. The van der Waals surface area contributed by atoms with Crippen molar-refractivity contribution < 1.29 is 18.0 Å². The summed E-state index contributed by atoms with van der Waals surface area (Å²) in [5, 5.41) is 29.6. The van der Waals surface area contributed by atoms with Crippen molar-refractivity contribution in [2.75, 3.05) is 200 Å². The van der Waals surface area contributed by atoms with Gasteiger partial charge >= 0.3 is 6.18 Å². The Kier molecular flexibility index (Phi) is 30.8. The predicted octanol–water partition coefficient (Wildman–Crippen LogP) is 19.1. The monoisotopic (exact) mass is 1910 g/mol. The summed E-state index contributed by atoms with van der Waals surface area (Å²) in [6, 6.07) is 50.8. The topological polar surface area (TPSA) is 339 Å². The number of rotatable bonds is 26. The number of anilines is 20. The number of pyridine rings is 1. The molecule has 4 aliphatic heterocycles. The zero-order valence-corrected chi connectivity index (χ0v) is 82.2. The van der Waals surface area contributed by atoms with E-state index in [0.29, 0.717) is 69.8 Å². The quantitative estimate of drug-likeness (QED) is 0.0227. The molecule has 0 bridgehead atoms. The van der Waals surface area contributed by atoms with Crippen LogP contribution in [0.1, 0.15) is 117 Å². The number of amides is 1. The van der Waals surface area contributed by atoms with E-state index in [2.05, 4.69) is 287 Å². The molecule has 1 saturated carbocycles. The molecule has 1 amide bonds. The number of fused-ring (bicyclic) bond motifs is 4. The van der Waals surface area contributed by atoms with E-state index in [4.69, 9.17) is 34.9 Å². The molecule has 15 aromatic rings. The van der Waals surface area contributed by atoms with E-state index in [1.165, 1.54) is 73.1 Å². The second-order valence-corrected chi connectivity index (χ2v) is 37.5. The first-order valence-electron chi connectivity index (χ1n) is 48.6. The number of nitrogens with zero attached hydrogens (tertiary/aromatic N) is 25. The largest absolute Gasteiger partial charge is 0.416 e. The van der Waals surface area contributed by atoms with Gasteiger partial charge in [-0.05, 0) is 254 Å². The molecule has 0 atom stereocenters. The number of imidazole rings is 4. The lowest BCUT2D eigenvalue weighted by Gasteiger charge is -2.34. The number of alkyl halides is 3.